The molecule has 1 aromatic carbocycles. The Bertz CT molecular complexity index is 432. The summed E-state index contributed by atoms with van der Waals surface area (Å²) in [5.74, 6) is 4.97. The average molecular weight is 186 g/mol. The highest BCUT2D eigenvalue weighted by molar-refractivity contribution is 7.80. The highest BCUT2D eigenvalue weighted by atomic mass is 32.1. The van der Waals surface area contributed by atoms with Gasteiger partial charge in [0.25, 0.3) is 0 Å². The predicted molar refractivity (Wildman–Crippen MR) is 54.8 cm³/mol. The number of benzene rings is 1. The summed E-state index contributed by atoms with van der Waals surface area (Å²) in [6.45, 7) is 0. The average Bonchev–Trinajstić information content (AvgIpc) is 2.15. The Morgan fingerprint density at radius 2 is 2.23 bits per heavy atom. The number of nitrogens with zero attached hydrogens (tertiary/aromatic N) is 1. The lowest BCUT2D eigenvalue weighted by Gasteiger charge is -1.96. The molecule has 13 heavy (non-hydrogen) atoms. The molecule has 0 spiro atoms. The zero-order valence-corrected chi connectivity index (χ0v) is 7.56. The Morgan fingerprint density at radius 3 is 2.85 bits per heavy atom. The second-order valence-corrected chi connectivity index (χ2v) is 2.75. The molecule has 0 radical (unpaired) electrons. The molecule has 0 saturated carbocycles. The van der Waals surface area contributed by atoms with Crippen molar-refractivity contribution in [3.05, 3.63) is 35.4 Å². The molecule has 1 aromatic rings. The quantitative estimate of drug-likeness (QED) is 0.529. The van der Waals surface area contributed by atoms with E-state index in [0.717, 1.165) is 11.1 Å². The van der Waals surface area contributed by atoms with Crippen LogP contribution in [0.2, 0.25) is 0 Å². The Hall–Kier alpha value is -1.84. The smallest absolute Gasteiger partial charge is 0.152 e. The Morgan fingerprint density at radius 1 is 1.46 bits per heavy atom. The normalized spacial score (nSPS) is 7.92. The third kappa shape index (κ3) is 2.59. The summed E-state index contributed by atoms with van der Waals surface area (Å²) < 4.78 is 0. The van der Waals surface area contributed by atoms with Gasteiger partial charge >= 0.3 is 0 Å². The van der Waals surface area contributed by atoms with Crippen LogP contribution in [0.4, 0.5) is 0 Å². The first-order valence-electron chi connectivity index (χ1n) is 3.54. The van der Waals surface area contributed by atoms with E-state index < -0.39 is 0 Å². The van der Waals surface area contributed by atoms with E-state index in [1.54, 1.807) is 30.3 Å². The van der Waals surface area contributed by atoms with E-state index >= 15 is 0 Å². The molecule has 0 heterocycles. The van der Waals surface area contributed by atoms with Gasteiger partial charge < -0.3 is 5.73 Å². The van der Waals surface area contributed by atoms with Crippen molar-refractivity contribution in [1.29, 1.82) is 5.26 Å². The van der Waals surface area contributed by atoms with Crippen LogP contribution >= 0.6 is 12.2 Å². The van der Waals surface area contributed by atoms with Gasteiger partial charge in [-0.2, -0.15) is 5.26 Å². The van der Waals surface area contributed by atoms with Crippen molar-refractivity contribution in [2.75, 3.05) is 0 Å². The maximum Gasteiger partial charge on any atom is 0.152 e. The molecule has 0 aromatic heterocycles. The molecule has 0 amide bonds. The number of rotatable bonds is 1. The summed E-state index contributed by atoms with van der Waals surface area (Å²) in [5.41, 5.74) is 6.94. The number of nitrogens with two attached hydrogens (primary N) is 1. The van der Waals surface area contributed by atoms with Crippen LogP contribution < -0.4 is 5.73 Å². The van der Waals surface area contributed by atoms with Gasteiger partial charge in [-0.1, -0.05) is 30.3 Å². The molecule has 0 aliphatic rings. The van der Waals surface area contributed by atoms with E-state index in [-0.39, 0.29) is 0 Å². The first-order valence-corrected chi connectivity index (χ1v) is 3.95. The van der Waals surface area contributed by atoms with Crippen LogP contribution in [-0.4, -0.2) is 4.99 Å². The molecule has 0 saturated heterocycles. The fourth-order valence-electron chi connectivity index (χ4n) is 0.850. The Balaban J connectivity index is 3.07. The summed E-state index contributed by atoms with van der Waals surface area (Å²) in [6.07, 6.45) is 0. The van der Waals surface area contributed by atoms with E-state index in [2.05, 4.69) is 11.8 Å². The molecule has 62 valence electrons. The Kier molecular flexibility index (Phi) is 3.03. The molecule has 0 aliphatic carbocycles. The second kappa shape index (κ2) is 4.25. The Labute approximate surface area is 82.0 Å². The summed E-state index contributed by atoms with van der Waals surface area (Å²) in [5, 5.41) is 8.23. The maximum atomic E-state index is 8.23. The number of hydrogen-bond donors (Lipinski definition) is 1. The summed E-state index contributed by atoms with van der Waals surface area (Å²) >= 11 is 4.80. The van der Waals surface area contributed by atoms with Gasteiger partial charge in [0.2, 0.25) is 0 Å². The molecule has 0 atom stereocenters. The van der Waals surface area contributed by atoms with Gasteiger partial charge in [-0.05, 0) is 12.1 Å². The van der Waals surface area contributed by atoms with Gasteiger partial charge in [-0.3, -0.25) is 0 Å². The molecule has 2 N–H and O–H groups in total. The first-order chi connectivity index (χ1) is 6.24. The lowest BCUT2D eigenvalue weighted by atomic mass is 10.1. The number of hydrogen-bond acceptors (Lipinski definition) is 2. The molecule has 0 unspecified atom stereocenters. The second-order valence-electron chi connectivity index (χ2n) is 2.31. The maximum absolute atomic E-state index is 8.23. The first kappa shape index (κ1) is 9.25. The molecule has 0 bridgehead atoms. The minimum Gasteiger partial charge on any atom is -0.389 e. The molecule has 2 nitrogen and oxygen atoms in total. The van der Waals surface area contributed by atoms with Crippen LogP contribution in [0.15, 0.2) is 24.3 Å². The van der Waals surface area contributed by atoms with Crippen molar-refractivity contribution in [1.82, 2.24) is 0 Å². The largest absolute Gasteiger partial charge is 0.389 e. The van der Waals surface area contributed by atoms with E-state index in [1.165, 1.54) is 0 Å². The summed E-state index contributed by atoms with van der Waals surface area (Å²) in [4.78, 5) is 0.334. The van der Waals surface area contributed by atoms with Crippen LogP contribution in [-0.2, 0) is 0 Å². The molecule has 1 rings (SSSR count). The number of thiocarbonyl (C=S) groups is 1. The molecular formula is C10H6N2S. The molecular weight excluding hydrogens is 180 g/mol. The zero-order valence-electron chi connectivity index (χ0n) is 6.74. The van der Waals surface area contributed by atoms with Crippen molar-refractivity contribution >= 4 is 17.2 Å². The molecule has 0 aliphatic heterocycles. The van der Waals surface area contributed by atoms with Gasteiger partial charge in [-0.15, -0.1) is 0 Å². The van der Waals surface area contributed by atoms with Crippen LogP contribution in [0.5, 0.6) is 0 Å². The van der Waals surface area contributed by atoms with Crippen LogP contribution in [0.1, 0.15) is 11.1 Å². The fourth-order valence-corrected chi connectivity index (χ4v) is 0.977. The molecule has 3 heteroatoms. The lowest BCUT2D eigenvalue weighted by Crippen LogP contribution is -2.08. The van der Waals surface area contributed by atoms with Gasteiger partial charge in [0.1, 0.15) is 4.99 Å². The van der Waals surface area contributed by atoms with Gasteiger partial charge in [0, 0.05) is 17.0 Å². The minimum absolute atomic E-state index is 0.334. The molecule has 0 fully saturated rings. The minimum atomic E-state index is 0.334. The predicted octanol–water partition coefficient (Wildman–Crippen LogP) is 1.20. The SMILES string of the molecule is N#CC#Cc1cccc(C(N)=S)c1. The van der Waals surface area contributed by atoms with Gasteiger partial charge in [0.05, 0.1) is 0 Å². The van der Waals surface area contributed by atoms with E-state index in [9.17, 15) is 0 Å². The monoisotopic (exact) mass is 186 g/mol. The van der Waals surface area contributed by atoms with Crippen LogP contribution in [0.25, 0.3) is 0 Å². The standard InChI is InChI=1S/C10H6N2S/c11-6-2-4-8-3-1-5-9(7-8)10(12)13/h1,3,5,7H,(H2,12,13). The van der Waals surface area contributed by atoms with E-state index in [1.807, 2.05) is 0 Å². The number of nitriles is 1. The van der Waals surface area contributed by atoms with Crippen molar-refractivity contribution < 1.29 is 0 Å². The van der Waals surface area contributed by atoms with Crippen LogP contribution in [0, 0.1) is 23.2 Å². The topological polar surface area (TPSA) is 49.8 Å². The van der Waals surface area contributed by atoms with Gasteiger partial charge in [0.15, 0.2) is 6.07 Å². The third-order valence-electron chi connectivity index (χ3n) is 1.41. The highest BCUT2D eigenvalue weighted by Gasteiger charge is 1.95. The zero-order chi connectivity index (χ0) is 9.68. The summed E-state index contributed by atoms with van der Waals surface area (Å²) in [6, 6.07) is 8.90. The lowest BCUT2D eigenvalue weighted by molar-refractivity contribution is 1.54. The van der Waals surface area contributed by atoms with Gasteiger partial charge in [-0.25, -0.2) is 0 Å². The van der Waals surface area contributed by atoms with E-state index in [4.69, 9.17) is 23.2 Å². The van der Waals surface area contributed by atoms with E-state index in [0.29, 0.717) is 4.99 Å². The third-order valence-corrected chi connectivity index (χ3v) is 1.65. The van der Waals surface area contributed by atoms with Crippen molar-refractivity contribution in [3.8, 4) is 17.9 Å². The van der Waals surface area contributed by atoms with Crippen molar-refractivity contribution in [2.45, 2.75) is 0 Å². The van der Waals surface area contributed by atoms with Crippen LogP contribution in [0.3, 0.4) is 0 Å². The fraction of sp³-hybridized carbons (Fsp3) is 0. The van der Waals surface area contributed by atoms with Crippen molar-refractivity contribution in [2.24, 2.45) is 5.73 Å². The highest BCUT2D eigenvalue weighted by Crippen LogP contribution is 2.03. The summed E-state index contributed by atoms with van der Waals surface area (Å²) in [7, 11) is 0. The van der Waals surface area contributed by atoms with Crippen molar-refractivity contribution in [3.63, 3.8) is 0 Å².